The lowest BCUT2D eigenvalue weighted by Crippen LogP contribution is -2.37. The summed E-state index contributed by atoms with van der Waals surface area (Å²) < 4.78 is 11.4. The minimum Gasteiger partial charge on any atom is -0.491 e. The molecule has 35 heavy (non-hydrogen) atoms. The van der Waals surface area contributed by atoms with E-state index in [0.717, 1.165) is 48.7 Å². The van der Waals surface area contributed by atoms with Crippen molar-refractivity contribution in [3.63, 3.8) is 0 Å². The molecule has 1 fully saturated rings. The zero-order valence-electron chi connectivity index (χ0n) is 21.3. The molecule has 1 aliphatic heterocycles. The molecule has 1 unspecified atom stereocenters. The highest BCUT2D eigenvalue weighted by atomic mass is 35.5. The first-order chi connectivity index (χ1) is 16.6. The Bertz CT molecular complexity index is 1020. The van der Waals surface area contributed by atoms with Crippen molar-refractivity contribution < 1.29 is 14.6 Å². The van der Waals surface area contributed by atoms with Gasteiger partial charge in [0.2, 0.25) is 0 Å². The first kappa shape index (κ1) is 27.2. The number of nitrogens with two attached hydrogens (primary N) is 1. The number of rotatable bonds is 9. The van der Waals surface area contributed by atoms with Gasteiger partial charge in [-0.25, -0.2) is 9.97 Å². The molecule has 0 saturated carbocycles. The zero-order chi connectivity index (χ0) is 25.6. The quantitative estimate of drug-likeness (QED) is 0.475. The number of aromatic nitrogens is 2. The second-order valence-electron chi connectivity index (χ2n) is 9.92. The summed E-state index contributed by atoms with van der Waals surface area (Å²) in [4.78, 5) is 12.0. The van der Waals surface area contributed by atoms with Crippen LogP contribution in [0.5, 0.6) is 5.75 Å². The maximum absolute atomic E-state index is 10.0. The molecule has 8 nitrogen and oxygen atoms in total. The summed E-state index contributed by atoms with van der Waals surface area (Å²) in [6.07, 6.45) is 2.84. The largest absolute Gasteiger partial charge is 0.491 e. The van der Waals surface area contributed by atoms with Gasteiger partial charge in [-0.15, -0.1) is 0 Å². The number of likely N-dealkylation sites (N-methyl/N-ethyl adjacent to an activating group) is 1. The second kappa shape index (κ2) is 12.0. The van der Waals surface area contributed by atoms with E-state index in [9.17, 15) is 5.11 Å². The van der Waals surface area contributed by atoms with Gasteiger partial charge in [0.05, 0.1) is 5.69 Å². The van der Waals surface area contributed by atoms with E-state index in [1.54, 1.807) is 19.3 Å². The summed E-state index contributed by atoms with van der Waals surface area (Å²) in [5.74, 6) is 1.96. The molecule has 4 N–H and O–H groups in total. The monoisotopic (exact) mass is 503 g/mol. The number of anilines is 1. The van der Waals surface area contributed by atoms with Crippen LogP contribution in [0.4, 0.5) is 5.82 Å². The molecule has 1 saturated heterocycles. The number of benzene rings is 1. The fraction of sp³-hybridized carbons (Fsp3) is 0.538. The number of hydrogen-bond acceptors (Lipinski definition) is 8. The van der Waals surface area contributed by atoms with Gasteiger partial charge in [-0.1, -0.05) is 32.4 Å². The van der Waals surface area contributed by atoms with Gasteiger partial charge < -0.3 is 30.5 Å². The van der Waals surface area contributed by atoms with E-state index < -0.39 is 6.10 Å². The summed E-state index contributed by atoms with van der Waals surface area (Å²) >= 11 is 6.45. The minimum absolute atomic E-state index is 0.150. The predicted molar refractivity (Wildman–Crippen MR) is 142 cm³/mol. The highest BCUT2D eigenvalue weighted by Gasteiger charge is 2.25. The van der Waals surface area contributed by atoms with E-state index in [4.69, 9.17) is 36.8 Å². The average molecular weight is 504 g/mol. The number of nitrogens with zero attached hydrogens (tertiary/aromatic N) is 3. The van der Waals surface area contributed by atoms with Crippen LogP contribution in [0.15, 0.2) is 30.5 Å². The van der Waals surface area contributed by atoms with Gasteiger partial charge >= 0.3 is 0 Å². The van der Waals surface area contributed by atoms with Crippen molar-refractivity contribution in [3.8, 4) is 17.0 Å². The number of aliphatic hydroxyl groups is 1. The number of aliphatic hydroxyl groups excluding tert-OH is 1. The van der Waals surface area contributed by atoms with Crippen LogP contribution in [0.25, 0.3) is 16.8 Å². The van der Waals surface area contributed by atoms with Crippen LogP contribution in [-0.4, -0.2) is 67.7 Å². The minimum atomic E-state index is -0.628. The third-order valence-electron chi connectivity index (χ3n) is 6.08. The maximum Gasteiger partial charge on any atom is 0.160 e. The average Bonchev–Trinajstić information content (AvgIpc) is 2.82. The van der Waals surface area contributed by atoms with Crippen LogP contribution >= 0.6 is 11.6 Å². The lowest BCUT2D eigenvalue weighted by Gasteiger charge is -2.32. The number of halogens is 1. The standard InChI is InChI=1S/C26H38ClN5O3/c1-26(2,3)22(14-28)25-30-23(13-24(31-25)32(5)19-6-8-34-9-7-19)17-10-18(27)12-21(11-17)35-16-20(33)15-29-4/h10-14,19-20,29,33H,6-9,15-16,28H2,1-5H3. The Morgan fingerprint density at radius 3 is 2.63 bits per heavy atom. The normalized spacial score (nSPS) is 16.3. The summed E-state index contributed by atoms with van der Waals surface area (Å²) in [5.41, 5.74) is 8.18. The Balaban J connectivity index is 2.04. The van der Waals surface area contributed by atoms with Crippen molar-refractivity contribution in [1.29, 1.82) is 0 Å². The van der Waals surface area contributed by atoms with E-state index in [1.807, 2.05) is 18.2 Å². The van der Waals surface area contributed by atoms with Crippen LogP contribution in [0.2, 0.25) is 5.02 Å². The lowest BCUT2D eigenvalue weighted by atomic mass is 9.86. The fourth-order valence-corrected chi connectivity index (χ4v) is 4.31. The molecular weight excluding hydrogens is 466 g/mol. The molecule has 1 aromatic heterocycles. The van der Waals surface area contributed by atoms with E-state index >= 15 is 0 Å². The molecule has 1 aliphatic rings. The van der Waals surface area contributed by atoms with Gasteiger partial charge in [-0.3, -0.25) is 0 Å². The Morgan fingerprint density at radius 2 is 2.00 bits per heavy atom. The van der Waals surface area contributed by atoms with E-state index in [0.29, 0.717) is 29.2 Å². The first-order valence-corrected chi connectivity index (χ1v) is 12.4. The van der Waals surface area contributed by atoms with Crippen LogP contribution in [-0.2, 0) is 4.74 Å². The molecular formula is C26H38ClN5O3. The van der Waals surface area contributed by atoms with E-state index in [1.165, 1.54) is 0 Å². The number of nitrogens with one attached hydrogen (secondary N) is 1. The third kappa shape index (κ3) is 7.30. The number of hydrogen-bond donors (Lipinski definition) is 3. The Kier molecular flexibility index (Phi) is 9.35. The molecule has 3 rings (SSSR count). The third-order valence-corrected chi connectivity index (χ3v) is 6.30. The van der Waals surface area contributed by atoms with Gasteiger partial charge in [-0.2, -0.15) is 0 Å². The smallest absolute Gasteiger partial charge is 0.160 e. The van der Waals surface area contributed by atoms with Crippen LogP contribution in [0.1, 0.15) is 39.4 Å². The van der Waals surface area contributed by atoms with Crippen LogP contribution < -0.4 is 20.7 Å². The summed E-state index contributed by atoms with van der Waals surface area (Å²) in [6, 6.07) is 7.76. The van der Waals surface area contributed by atoms with Crippen molar-refractivity contribution >= 4 is 23.0 Å². The van der Waals surface area contributed by atoms with Crippen LogP contribution in [0, 0.1) is 5.41 Å². The molecule has 0 radical (unpaired) electrons. The van der Waals surface area contributed by atoms with Crippen molar-refractivity contribution in [1.82, 2.24) is 15.3 Å². The highest BCUT2D eigenvalue weighted by Crippen LogP contribution is 2.35. The van der Waals surface area contributed by atoms with Crippen molar-refractivity contribution in [2.24, 2.45) is 11.1 Å². The molecule has 9 heteroatoms. The molecule has 0 bridgehead atoms. The molecule has 1 atom stereocenters. The van der Waals surface area contributed by atoms with Gasteiger partial charge in [-0.05, 0) is 43.5 Å². The van der Waals surface area contributed by atoms with Crippen molar-refractivity contribution in [3.05, 3.63) is 41.3 Å². The number of allylic oxidation sites excluding steroid dienone is 1. The molecule has 2 aromatic rings. The summed E-state index contributed by atoms with van der Waals surface area (Å²) in [5, 5.41) is 13.5. The predicted octanol–water partition coefficient (Wildman–Crippen LogP) is 3.72. The topological polar surface area (TPSA) is 106 Å². The summed E-state index contributed by atoms with van der Waals surface area (Å²) in [6.45, 7) is 8.33. The van der Waals surface area contributed by atoms with Gasteiger partial charge in [0.15, 0.2) is 5.82 Å². The summed E-state index contributed by atoms with van der Waals surface area (Å²) in [7, 11) is 3.84. The Labute approximate surface area is 213 Å². The van der Waals surface area contributed by atoms with Gasteiger partial charge in [0.25, 0.3) is 0 Å². The van der Waals surface area contributed by atoms with Crippen LogP contribution in [0.3, 0.4) is 0 Å². The number of ether oxygens (including phenoxy) is 2. The molecule has 0 spiro atoms. The zero-order valence-corrected chi connectivity index (χ0v) is 22.1. The molecule has 1 aromatic carbocycles. The fourth-order valence-electron chi connectivity index (χ4n) is 4.08. The first-order valence-electron chi connectivity index (χ1n) is 12.0. The molecule has 0 aliphatic carbocycles. The Morgan fingerprint density at radius 1 is 1.29 bits per heavy atom. The molecule has 2 heterocycles. The highest BCUT2D eigenvalue weighted by molar-refractivity contribution is 6.31. The molecule has 192 valence electrons. The Hall–Kier alpha value is -2.39. The van der Waals surface area contributed by atoms with Gasteiger partial charge in [0.1, 0.15) is 24.3 Å². The SMILES string of the molecule is CNCC(O)COc1cc(Cl)cc(-c2cc(N(C)C3CCOCC3)nc(C(=CN)C(C)(C)C)n2)c1. The molecule has 0 amide bonds. The van der Waals surface area contributed by atoms with Crippen molar-refractivity contribution in [2.75, 3.05) is 45.4 Å². The van der Waals surface area contributed by atoms with Crippen molar-refractivity contribution in [2.45, 2.75) is 45.8 Å². The van der Waals surface area contributed by atoms with Gasteiger partial charge in [0, 0.05) is 61.3 Å². The van der Waals surface area contributed by atoms with E-state index in [2.05, 4.69) is 38.0 Å². The van der Waals surface area contributed by atoms with E-state index in [-0.39, 0.29) is 12.0 Å². The second-order valence-corrected chi connectivity index (χ2v) is 10.4. The lowest BCUT2D eigenvalue weighted by molar-refractivity contribution is 0.0853. The maximum atomic E-state index is 10.0.